The average molecular weight is 931 g/mol. The fourth-order valence-corrected chi connectivity index (χ4v) is 0. The summed E-state index contributed by atoms with van der Waals surface area (Å²) in [4.78, 5) is 0. The quantitative estimate of drug-likeness (QED) is 0.216. The SMILES string of the molecule is [Ce].[Ce].[Ce].[Ce].[Ce].[GeH4].[GeH4].[GeH4]. The molecule has 0 N–H and O–H groups in total. The molecule has 0 aliphatic heterocycles. The average Bonchev–Trinajstić information content (AvgIpc) is 0. The Balaban J connectivity index is 0. The maximum absolute atomic E-state index is 0. The van der Waals surface area contributed by atoms with E-state index in [1.807, 2.05) is 0 Å². The molecule has 0 saturated heterocycles. The molecule has 0 aromatic carbocycles. The molecule has 0 aromatic heterocycles. The van der Waals surface area contributed by atoms with Gasteiger partial charge in [0.05, 0.1) is 0 Å². The molecular weight excluding hydrogens is 918 g/mol. The van der Waals surface area contributed by atoms with Gasteiger partial charge in [0, 0.05) is 209 Å². The van der Waals surface area contributed by atoms with E-state index in [9.17, 15) is 0 Å². The Morgan fingerprint density at radius 2 is 0.250 bits per heavy atom. The molecule has 0 bridgehead atoms. The number of hydrogen-bond donors (Lipinski definition) is 0. The fourth-order valence-electron chi connectivity index (χ4n) is 0. The van der Waals surface area contributed by atoms with Crippen LogP contribution in [0.2, 0.25) is 0 Å². The van der Waals surface area contributed by atoms with Gasteiger partial charge in [0.2, 0.25) is 0 Å². The van der Waals surface area contributed by atoms with Crippen molar-refractivity contribution in [1.29, 1.82) is 0 Å². The van der Waals surface area contributed by atoms with E-state index in [1.165, 1.54) is 0 Å². The standard InChI is InChI=1S/5Ce.3GeH4/h;;;;;3*1H4. The second kappa shape index (κ2) is 45.1. The van der Waals surface area contributed by atoms with Crippen LogP contribution in [0.25, 0.3) is 0 Å². The Hall–Kier alpha value is 8.51. The summed E-state index contributed by atoms with van der Waals surface area (Å²) in [5, 5.41) is 0. The first-order valence-corrected chi connectivity index (χ1v) is 0. The third-order valence-electron chi connectivity index (χ3n) is 0. The molecule has 0 radical (unpaired) electrons. The van der Waals surface area contributed by atoms with Gasteiger partial charge in [0.25, 0.3) is 0 Å². The molecule has 44 valence electrons. The molecule has 0 aromatic rings. The Morgan fingerprint density at radius 3 is 0.250 bits per heavy atom. The first kappa shape index (κ1) is 54.8. The molecule has 0 aliphatic rings. The molecule has 8 heteroatoms. The molecular formula is H12Ce5Ge3. The van der Waals surface area contributed by atoms with E-state index in [2.05, 4.69) is 0 Å². The van der Waals surface area contributed by atoms with Gasteiger partial charge in [-0.1, -0.05) is 0 Å². The van der Waals surface area contributed by atoms with Crippen molar-refractivity contribution >= 4 is 52.8 Å². The second-order valence-corrected chi connectivity index (χ2v) is 0. The van der Waals surface area contributed by atoms with Crippen molar-refractivity contribution < 1.29 is 209 Å². The normalized spacial score (nSPS) is 0. The molecule has 0 atom stereocenters. The van der Waals surface area contributed by atoms with Crippen LogP contribution < -0.4 is 0 Å². The molecule has 8 heavy (non-hydrogen) atoms. The Morgan fingerprint density at radius 1 is 0.250 bits per heavy atom. The summed E-state index contributed by atoms with van der Waals surface area (Å²) in [6.45, 7) is 0. The van der Waals surface area contributed by atoms with Crippen LogP contribution in [0.4, 0.5) is 0 Å². The van der Waals surface area contributed by atoms with Crippen LogP contribution >= 0.6 is 0 Å². The summed E-state index contributed by atoms with van der Waals surface area (Å²) in [6.07, 6.45) is 0. The summed E-state index contributed by atoms with van der Waals surface area (Å²) < 4.78 is 0. The van der Waals surface area contributed by atoms with E-state index >= 15 is 0 Å². The Bertz CT molecular complexity index is 7.64. The first-order chi connectivity index (χ1) is 0. The first-order valence-electron chi connectivity index (χ1n) is 0. The van der Waals surface area contributed by atoms with Gasteiger partial charge in [-0.2, -0.15) is 0 Å². The third-order valence-corrected chi connectivity index (χ3v) is 0. The monoisotopic (exact) mass is 933 g/mol. The van der Waals surface area contributed by atoms with E-state index < -0.39 is 0 Å². The van der Waals surface area contributed by atoms with Crippen LogP contribution in [0.3, 0.4) is 0 Å². The van der Waals surface area contributed by atoms with E-state index in [0.717, 1.165) is 0 Å². The molecule has 0 nitrogen and oxygen atoms in total. The van der Waals surface area contributed by atoms with Crippen molar-refractivity contribution in [3.8, 4) is 0 Å². The van der Waals surface area contributed by atoms with Crippen LogP contribution in [-0.2, 0) is 0 Å². The van der Waals surface area contributed by atoms with E-state index in [4.69, 9.17) is 0 Å². The maximum atomic E-state index is 0. The van der Waals surface area contributed by atoms with E-state index in [1.54, 1.807) is 0 Å². The summed E-state index contributed by atoms with van der Waals surface area (Å²) >= 11 is 0. The van der Waals surface area contributed by atoms with Crippen LogP contribution in [0.1, 0.15) is 0 Å². The predicted molar refractivity (Wildman–Crippen MR) is 34.0 cm³/mol. The zero-order valence-corrected chi connectivity index (χ0v) is 18.2. The van der Waals surface area contributed by atoms with Crippen LogP contribution in [0, 0.1) is 209 Å². The summed E-state index contributed by atoms with van der Waals surface area (Å²) in [6, 6.07) is 0. The van der Waals surface area contributed by atoms with Crippen LogP contribution in [-0.4, -0.2) is 52.8 Å². The molecule has 0 rings (SSSR count). The molecule has 0 fully saturated rings. The topological polar surface area (TPSA) is 0 Å². The Kier molecular flexibility index (Phi) is 309. The van der Waals surface area contributed by atoms with Gasteiger partial charge >= 0.3 is 52.8 Å². The molecule has 0 saturated carbocycles. The molecule has 0 spiro atoms. The summed E-state index contributed by atoms with van der Waals surface area (Å²) in [5.74, 6) is 0. The van der Waals surface area contributed by atoms with Gasteiger partial charge < -0.3 is 0 Å². The van der Waals surface area contributed by atoms with Crippen molar-refractivity contribution in [1.82, 2.24) is 0 Å². The Labute approximate surface area is 252 Å². The van der Waals surface area contributed by atoms with Crippen molar-refractivity contribution in [2.24, 2.45) is 0 Å². The number of hydrogen-bond acceptors (Lipinski definition) is 0. The third kappa shape index (κ3) is 36.6. The predicted octanol–water partition coefficient (Wildman–Crippen LogP) is -4.35. The van der Waals surface area contributed by atoms with Crippen molar-refractivity contribution in [3.05, 3.63) is 0 Å². The molecule has 0 heterocycles. The van der Waals surface area contributed by atoms with E-state index in [0.29, 0.717) is 0 Å². The number of rotatable bonds is 0. The van der Waals surface area contributed by atoms with Gasteiger partial charge in [0.15, 0.2) is 0 Å². The van der Waals surface area contributed by atoms with E-state index in [-0.39, 0.29) is 262 Å². The van der Waals surface area contributed by atoms with Crippen molar-refractivity contribution in [2.75, 3.05) is 0 Å². The fraction of sp³-hybridized carbons (Fsp3) is 0. The van der Waals surface area contributed by atoms with Gasteiger partial charge in [-0.3, -0.25) is 0 Å². The molecule has 0 unspecified atom stereocenters. The van der Waals surface area contributed by atoms with Gasteiger partial charge in [0.1, 0.15) is 0 Å². The van der Waals surface area contributed by atoms with Gasteiger partial charge in [-0.05, 0) is 0 Å². The molecule has 0 amide bonds. The second-order valence-electron chi connectivity index (χ2n) is 0. The minimum atomic E-state index is 0. The molecule has 0 aliphatic carbocycles. The zero-order chi connectivity index (χ0) is 0. The van der Waals surface area contributed by atoms with Crippen molar-refractivity contribution in [2.45, 2.75) is 0 Å². The van der Waals surface area contributed by atoms with Crippen molar-refractivity contribution in [3.63, 3.8) is 0 Å². The summed E-state index contributed by atoms with van der Waals surface area (Å²) in [5.41, 5.74) is 0. The van der Waals surface area contributed by atoms with Gasteiger partial charge in [-0.15, -0.1) is 0 Å². The van der Waals surface area contributed by atoms with Crippen LogP contribution in [0.15, 0.2) is 0 Å². The summed E-state index contributed by atoms with van der Waals surface area (Å²) in [7, 11) is 0. The zero-order valence-electron chi connectivity index (χ0n) is 2.50. The minimum absolute atomic E-state index is 0. The van der Waals surface area contributed by atoms with Gasteiger partial charge in [-0.25, -0.2) is 0 Å². The van der Waals surface area contributed by atoms with Crippen LogP contribution in [0.5, 0.6) is 0 Å².